The van der Waals surface area contributed by atoms with Crippen LogP contribution in [0.5, 0.6) is 0 Å². The quantitative estimate of drug-likeness (QED) is 0.373. The first-order valence-electron chi connectivity index (χ1n) is 9.15. The third-order valence-corrected chi connectivity index (χ3v) is 4.29. The van der Waals surface area contributed by atoms with E-state index in [2.05, 4.69) is 20.8 Å². The maximum absolute atomic E-state index is 12.4. The summed E-state index contributed by atoms with van der Waals surface area (Å²) in [4.78, 5) is 24.3. The van der Waals surface area contributed by atoms with Crippen molar-refractivity contribution in [1.29, 1.82) is 0 Å². The highest BCUT2D eigenvalue weighted by Gasteiger charge is 2.10. The van der Waals surface area contributed by atoms with Gasteiger partial charge >= 0.3 is 0 Å². The SMILES string of the molecule is CCCN/C=C(\CN)C(=O)Nc1ccc(-c2n[nH]c(=O)c3ccccc23)cc1. The van der Waals surface area contributed by atoms with E-state index in [9.17, 15) is 9.59 Å². The summed E-state index contributed by atoms with van der Waals surface area (Å²) < 4.78 is 0. The molecule has 0 spiro atoms. The van der Waals surface area contributed by atoms with Gasteiger partial charge in [0.25, 0.3) is 11.5 Å². The van der Waals surface area contributed by atoms with E-state index in [1.807, 2.05) is 37.3 Å². The summed E-state index contributed by atoms with van der Waals surface area (Å²) in [6, 6.07) is 14.6. The lowest BCUT2D eigenvalue weighted by molar-refractivity contribution is -0.112. The van der Waals surface area contributed by atoms with Crippen molar-refractivity contribution in [2.45, 2.75) is 13.3 Å². The molecule has 0 fully saturated rings. The zero-order chi connectivity index (χ0) is 19.9. The van der Waals surface area contributed by atoms with Crippen LogP contribution in [0.1, 0.15) is 13.3 Å². The van der Waals surface area contributed by atoms with E-state index in [1.165, 1.54) is 0 Å². The van der Waals surface area contributed by atoms with E-state index in [-0.39, 0.29) is 18.0 Å². The second-order valence-electron chi connectivity index (χ2n) is 6.31. The highest BCUT2D eigenvalue weighted by Crippen LogP contribution is 2.25. The zero-order valence-corrected chi connectivity index (χ0v) is 15.7. The monoisotopic (exact) mass is 377 g/mol. The smallest absolute Gasteiger partial charge is 0.272 e. The largest absolute Gasteiger partial charge is 0.390 e. The first-order valence-corrected chi connectivity index (χ1v) is 9.15. The number of H-pyrrole nitrogens is 1. The Morgan fingerprint density at radius 3 is 2.54 bits per heavy atom. The number of aromatic nitrogens is 2. The van der Waals surface area contributed by atoms with E-state index < -0.39 is 0 Å². The molecule has 0 saturated heterocycles. The molecule has 0 radical (unpaired) electrons. The summed E-state index contributed by atoms with van der Waals surface area (Å²) in [6.07, 6.45) is 2.62. The van der Waals surface area contributed by atoms with E-state index in [1.54, 1.807) is 24.4 Å². The number of rotatable bonds is 7. The average molecular weight is 377 g/mol. The van der Waals surface area contributed by atoms with Gasteiger partial charge in [-0.2, -0.15) is 5.10 Å². The molecule has 3 aromatic rings. The standard InChI is InChI=1S/C21H23N5O2/c1-2-11-23-13-15(12-22)20(27)24-16-9-7-14(8-10-16)19-17-5-3-4-6-18(17)21(28)26-25-19/h3-10,13,23H,2,11-12,22H2,1H3,(H,24,27)(H,26,28)/b15-13+. The van der Waals surface area contributed by atoms with Crippen LogP contribution in [0, 0.1) is 0 Å². The number of benzene rings is 2. The molecule has 144 valence electrons. The molecule has 7 heteroatoms. The number of fused-ring (bicyclic) bond motifs is 1. The molecule has 7 nitrogen and oxygen atoms in total. The highest BCUT2D eigenvalue weighted by molar-refractivity contribution is 6.04. The fourth-order valence-corrected chi connectivity index (χ4v) is 2.81. The Morgan fingerprint density at radius 2 is 1.86 bits per heavy atom. The van der Waals surface area contributed by atoms with E-state index in [0.29, 0.717) is 22.3 Å². The lowest BCUT2D eigenvalue weighted by atomic mass is 10.0. The minimum atomic E-state index is -0.244. The number of aromatic amines is 1. The van der Waals surface area contributed by atoms with Gasteiger partial charge in [-0.1, -0.05) is 37.3 Å². The minimum Gasteiger partial charge on any atom is -0.390 e. The van der Waals surface area contributed by atoms with Gasteiger partial charge in [-0.25, -0.2) is 5.10 Å². The Labute approximate surface area is 162 Å². The van der Waals surface area contributed by atoms with E-state index in [4.69, 9.17) is 5.73 Å². The topological polar surface area (TPSA) is 113 Å². The zero-order valence-electron chi connectivity index (χ0n) is 15.7. The van der Waals surface area contributed by atoms with Crippen LogP contribution in [0.4, 0.5) is 5.69 Å². The second kappa shape index (κ2) is 8.96. The van der Waals surface area contributed by atoms with Crippen LogP contribution in [0.2, 0.25) is 0 Å². The molecule has 2 aromatic carbocycles. The number of hydrogen-bond donors (Lipinski definition) is 4. The lowest BCUT2D eigenvalue weighted by Gasteiger charge is -2.09. The molecule has 0 bridgehead atoms. The third kappa shape index (κ3) is 4.27. The molecule has 0 aliphatic carbocycles. The van der Waals surface area contributed by atoms with E-state index >= 15 is 0 Å². The normalized spacial score (nSPS) is 11.4. The third-order valence-electron chi connectivity index (χ3n) is 4.29. The maximum atomic E-state index is 12.4. The molecule has 0 saturated carbocycles. The van der Waals surface area contributed by atoms with Crippen LogP contribution in [-0.4, -0.2) is 29.2 Å². The van der Waals surface area contributed by atoms with Crippen LogP contribution in [0.25, 0.3) is 22.0 Å². The molecule has 1 amide bonds. The predicted octanol–water partition coefficient (Wildman–Crippen LogP) is 2.37. The van der Waals surface area contributed by atoms with Crippen LogP contribution in [0.15, 0.2) is 65.1 Å². The van der Waals surface area contributed by atoms with Crippen molar-refractivity contribution in [1.82, 2.24) is 15.5 Å². The molecule has 0 atom stereocenters. The fourth-order valence-electron chi connectivity index (χ4n) is 2.81. The van der Waals surface area contributed by atoms with Gasteiger partial charge in [-0.05, 0) is 24.6 Å². The predicted molar refractivity (Wildman–Crippen MR) is 112 cm³/mol. The first kappa shape index (κ1) is 19.3. The lowest BCUT2D eigenvalue weighted by Crippen LogP contribution is -2.23. The molecule has 0 unspecified atom stereocenters. The molecule has 3 rings (SSSR count). The number of nitrogens with zero attached hydrogens (tertiary/aromatic N) is 1. The van der Waals surface area contributed by atoms with Crippen molar-refractivity contribution >= 4 is 22.4 Å². The van der Waals surface area contributed by atoms with Gasteiger partial charge in [0.05, 0.1) is 11.1 Å². The molecule has 5 N–H and O–H groups in total. The van der Waals surface area contributed by atoms with Gasteiger partial charge in [-0.3, -0.25) is 9.59 Å². The first-order chi connectivity index (χ1) is 13.6. The summed E-state index contributed by atoms with van der Waals surface area (Å²) >= 11 is 0. The Kier molecular flexibility index (Phi) is 6.18. The number of carbonyl (C=O) groups is 1. The van der Waals surface area contributed by atoms with Crippen molar-refractivity contribution < 1.29 is 4.79 Å². The molecule has 28 heavy (non-hydrogen) atoms. The second-order valence-corrected chi connectivity index (χ2v) is 6.31. The van der Waals surface area contributed by atoms with Gasteiger partial charge in [0.2, 0.25) is 0 Å². The minimum absolute atomic E-state index is 0.147. The van der Waals surface area contributed by atoms with Crippen molar-refractivity contribution in [3.05, 3.63) is 70.7 Å². The molecule has 1 heterocycles. The summed E-state index contributed by atoms with van der Waals surface area (Å²) in [5.41, 5.74) is 8.09. The Bertz CT molecular complexity index is 1050. The maximum Gasteiger partial charge on any atom is 0.272 e. The summed E-state index contributed by atoms with van der Waals surface area (Å²) in [7, 11) is 0. The Balaban J connectivity index is 1.81. The van der Waals surface area contributed by atoms with Gasteiger partial charge < -0.3 is 16.4 Å². The molecular formula is C21H23N5O2. The summed E-state index contributed by atoms with van der Waals surface area (Å²) in [6.45, 7) is 2.98. The number of carbonyl (C=O) groups excluding carboxylic acids is 1. The van der Waals surface area contributed by atoms with Crippen molar-refractivity contribution in [3.8, 4) is 11.3 Å². The average Bonchev–Trinajstić information content (AvgIpc) is 2.72. The summed E-state index contributed by atoms with van der Waals surface area (Å²) in [5.74, 6) is -0.244. The van der Waals surface area contributed by atoms with Crippen LogP contribution in [0.3, 0.4) is 0 Å². The molecule has 0 aliphatic heterocycles. The molecule has 0 aliphatic rings. The number of anilines is 1. The number of nitrogens with one attached hydrogen (secondary N) is 3. The van der Waals surface area contributed by atoms with Crippen LogP contribution >= 0.6 is 0 Å². The van der Waals surface area contributed by atoms with Crippen LogP contribution in [-0.2, 0) is 4.79 Å². The van der Waals surface area contributed by atoms with Crippen molar-refractivity contribution in [2.24, 2.45) is 5.73 Å². The van der Waals surface area contributed by atoms with Crippen molar-refractivity contribution in [3.63, 3.8) is 0 Å². The molecule has 1 aromatic heterocycles. The van der Waals surface area contributed by atoms with Gasteiger partial charge in [0.1, 0.15) is 0 Å². The Morgan fingerprint density at radius 1 is 1.14 bits per heavy atom. The van der Waals surface area contributed by atoms with Gasteiger partial charge in [-0.15, -0.1) is 0 Å². The number of nitrogens with two attached hydrogens (primary N) is 1. The summed E-state index contributed by atoms with van der Waals surface area (Å²) in [5, 5.41) is 14.0. The van der Waals surface area contributed by atoms with Gasteiger partial charge in [0.15, 0.2) is 0 Å². The van der Waals surface area contributed by atoms with Gasteiger partial charge in [0, 0.05) is 41.5 Å². The fraction of sp³-hybridized carbons (Fsp3) is 0.190. The number of hydrogen-bond acceptors (Lipinski definition) is 5. The number of amides is 1. The highest BCUT2D eigenvalue weighted by atomic mass is 16.1. The van der Waals surface area contributed by atoms with E-state index in [0.717, 1.165) is 23.9 Å². The van der Waals surface area contributed by atoms with Crippen molar-refractivity contribution in [2.75, 3.05) is 18.4 Å². The van der Waals surface area contributed by atoms with Crippen LogP contribution < -0.4 is 21.9 Å². The Hall–Kier alpha value is -3.45. The molecular weight excluding hydrogens is 354 g/mol.